The van der Waals surface area contributed by atoms with Gasteiger partial charge in [-0.3, -0.25) is 14.8 Å². The number of ether oxygens (including phenoxy) is 3. The highest BCUT2D eigenvalue weighted by atomic mass is 35.5. The van der Waals surface area contributed by atoms with Gasteiger partial charge in [0.2, 0.25) is 0 Å². The quantitative estimate of drug-likeness (QED) is 0.144. The second kappa shape index (κ2) is 19.2. The van der Waals surface area contributed by atoms with Gasteiger partial charge in [-0.15, -0.1) is 0 Å². The highest BCUT2D eigenvalue weighted by Gasteiger charge is 2.40. The Kier molecular flexibility index (Phi) is 14.2. The Balaban J connectivity index is 1.25. The molecule has 288 valence electrons. The summed E-state index contributed by atoms with van der Waals surface area (Å²) in [5.41, 5.74) is 4.95. The number of aryl methyl sites for hydroxylation is 1. The van der Waals surface area contributed by atoms with Gasteiger partial charge >= 0.3 is 0 Å². The molecule has 0 saturated carbocycles. The van der Waals surface area contributed by atoms with Gasteiger partial charge in [-0.1, -0.05) is 67.8 Å². The summed E-state index contributed by atoms with van der Waals surface area (Å²) in [6.07, 6.45) is 16.9. The van der Waals surface area contributed by atoms with E-state index in [0.29, 0.717) is 35.2 Å². The average molecular weight is 755 g/mol. The van der Waals surface area contributed by atoms with Crippen molar-refractivity contribution in [1.82, 2.24) is 14.8 Å². The fourth-order valence-corrected chi connectivity index (χ4v) is 8.42. The van der Waals surface area contributed by atoms with Crippen LogP contribution in [0.2, 0.25) is 5.02 Å². The summed E-state index contributed by atoms with van der Waals surface area (Å²) in [5, 5.41) is 30.0. The fraction of sp³-hybridized carbons (Fsp3) is 0.500. The second-order valence-corrected chi connectivity index (χ2v) is 15.4. The highest BCUT2D eigenvalue weighted by Crippen LogP contribution is 2.42. The van der Waals surface area contributed by atoms with Gasteiger partial charge in [-0.2, -0.15) is 5.26 Å². The smallest absolute Gasteiger partial charge is 0.141 e. The van der Waals surface area contributed by atoms with E-state index in [9.17, 15) is 15.5 Å². The van der Waals surface area contributed by atoms with Gasteiger partial charge in [0.1, 0.15) is 36.4 Å². The Hall–Kier alpha value is -3.75. The van der Waals surface area contributed by atoms with Crippen molar-refractivity contribution in [3.05, 3.63) is 106 Å². The van der Waals surface area contributed by atoms with Crippen molar-refractivity contribution in [2.75, 3.05) is 46.1 Å². The SMILES string of the molecule is Cc1ccccc1C1=CC=CC(COc2cc(OCc3cncc(C#N)c3)c(CN3CCCCC3CO)cc2Cl)(OCCCN2CCCCC2CO)C1C. The second-order valence-electron chi connectivity index (χ2n) is 15.0. The molecule has 4 atom stereocenters. The average Bonchev–Trinajstić information content (AvgIpc) is 3.20. The molecule has 2 aliphatic heterocycles. The number of benzene rings is 2. The van der Waals surface area contributed by atoms with E-state index in [2.05, 4.69) is 77.2 Å². The van der Waals surface area contributed by atoms with Gasteiger partial charge < -0.3 is 24.4 Å². The normalized spacial score (nSPS) is 23.5. The molecular formula is C44H55ClN4O5. The number of hydrogen-bond acceptors (Lipinski definition) is 9. The zero-order valence-corrected chi connectivity index (χ0v) is 32.5. The number of allylic oxidation sites excluding steroid dienone is 2. The summed E-state index contributed by atoms with van der Waals surface area (Å²) in [6, 6.07) is 16.5. The number of aromatic nitrogens is 1. The number of aliphatic hydroxyl groups excluding tert-OH is 2. The molecule has 2 fully saturated rings. The van der Waals surface area contributed by atoms with E-state index in [1.54, 1.807) is 12.3 Å². The molecule has 4 unspecified atom stereocenters. The maximum atomic E-state index is 10.1. The predicted molar refractivity (Wildman–Crippen MR) is 212 cm³/mol. The van der Waals surface area contributed by atoms with E-state index in [4.69, 9.17) is 25.8 Å². The van der Waals surface area contributed by atoms with E-state index < -0.39 is 5.60 Å². The molecule has 2 saturated heterocycles. The number of piperidine rings is 2. The van der Waals surface area contributed by atoms with E-state index in [-0.39, 0.29) is 44.4 Å². The summed E-state index contributed by atoms with van der Waals surface area (Å²) in [4.78, 5) is 8.90. The van der Waals surface area contributed by atoms with Crippen molar-refractivity contribution >= 4 is 17.2 Å². The minimum absolute atomic E-state index is 0.0352. The van der Waals surface area contributed by atoms with Gasteiger partial charge in [0.15, 0.2) is 0 Å². The van der Waals surface area contributed by atoms with Crippen LogP contribution in [-0.2, 0) is 17.9 Å². The number of rotatable bonds is 16. The Labute approximate surface area is 325 Å². The Morgan fingerprint density at radius 3 is 2.48 bits per heavy atom. The van der Waals surface area contributed by atoms with E-state index in [1.807, 2.05) is 12.1 Å². The minimum Gasteiger partial charge on any atom is -0.489 e. The van der Waals surface area contributed by atoms with Crippen LogP contribution in [0, 0.1) is 24.2 Å². The molecule has 9 nitrogen and oxygen atoms in total. The van der Waals surface area contributed by atoms with Crippen LogP contribution in [-0.4, -0.2) is 88.7 Å². The molecule has 0 spiro atoms. The van der Waals surface area contributed by atoms with Crippen molar-refractivity contribution in [2.24, 2.45) is 5.92 Å². The summed E-state index contributed by atoms with van der Waals surface area (Å²) in [5.74, 6) is 1.08. The van der Waals surface area contributed by atoms with Crippen molar-refractivity contribution in [1.29, 1.82) is 5.26 Å². The van der Waals surface area contributed by atoms with Crippen LogP contribution in [0.3, 0.4) is 0 Å². The lowest BCUT2D eigenvalue weighted by molar-refractivity contribution is -0.0633. The maximum absolute atomic E-state index is 10.1. The predicted octanol–water partition coefficient (Wildman–Crippen LogP) is 7.50. The van der Waals surface area contributed by atoms with Gasteiger partial charge in [0, 0.05) is 67.3 Å². The molecule has 0 bridgehead atoms. The number of hydrogen-bond donors (Lipinski definition) is 2. The molecule has 3 aromatic rings. The molecule has 10 heteroatoms. The molecule has 1 aliphatic carbocycles. The Bertz CT molecular complexity index is 1810. The lowest BCUT2D eigenvalue weighted by Gasteiger charge is -2.40. The molecule has 2 N–H and O–H groups in total. The number of halogens is 1. The molecule has 0 radical (unpaired) electrons. The molecule has 3 aliphatic rings. The van der Waals surface area contributed by atoms with Gasteiger partial charge in [-0.05, 0) is 87.0 Å². The number of pyridine rings is 1. The summed E-state index contributed by atoms with van der Waals surface area (Å²) in [6.45, 7) is 8.94. The third-order valence-electron chi connectivity index (χ3n) is 11.4. The Morgan fingerprint density at radius 2 is 1.72 bits per heavy atom. The lowest BCUT2D eigenvalue weighted by Crippen LogP contribution is -2.46. The molecule has 6 rings (SSSR count). The highest BCUT2D eigenvalue weighted by molar-refractivity contribution is 6.32. The van der Waals surface area contributed by atoms with Gasteiger partial charge in [0.25, 0.3) is 0 Å². The number of nitriles is 1. The first-order chi connectivity index (χ1) is 26.3. The summed E-state index contributed by atoms with van der Waals surface area (Å²) < 4.78 is 20.1. The fourth-order valence-electron chi connectivity index (χ4n) is 8.18. The van der Waals surface area contributed by atoms with Gasteiger partial charge in [-0.25, -0.2) is 0 Å². The standard InChI is InChI=1S/C44H55ClN4O5/c1-32-11-3-4-14-39(32)40-15-9-16-44(33(40)2,54-20-10-19-48-17-7-5-12-37(48)28-50)31-53-43-23-42(52-30-35-21-34(24-46)25-47-26-35)36(22-41(43)45)27-49-18-8-6-13-38(49)29-51/h3-4,9,11,14-16,21-23,25-26,33,37-38,50-51H,5-8,10,12-13,17-20,27-31H2,1-2H3. The van der Waals surface area contributed by atoms with Crippen LogP contribution >= 0.6 is 11.6 Å². The minimum atomic E-state index is -0.779. The summed E-state index contributed by atoms with van der Waals surface area (Å²) >= 11 is 7.04. The molecule has 1 aromatic heterocycles. The van der Waals surface area contributed by atoms with E-state index in [0.717, 1.165) is 75.7 Å². The number of aliphatic hydroxyl groups is 2. The van der Waals surface area contributed by atoms with Crippen LogP contribution < -0.4 is 9.47 Å². The summed E-state index contributed by atoms with van der Waals surface area (Å²) in [7, 11) is 0. The van der Waals surface area contributed by atoms with Crippen molar-refractivity contribution in [3.8, 4) is 17.6 Å². The van der Waals surface area contributed by atoms with Crippen molar-refractivity contribution < 1.29 is 24.4 Å². The van der Waals surface area contributed by atoms with Crippen LogP contribution in [0.15, 0.2) is 73.1 Å². The molecular weight excluding hydrogens is 700 g/mol. The first-order valence-corrected chi connectivity index (χ1v) is 19.9. The third-order valence-corrected chi connectivity index (χ3v) is 11.7. The van der Waals surface area contributed by atoms with Crippen molar-refractivity contribution in [3.63, 3.8) is 0 Å². The third kappa shape index (κ3) is 9.72. The topological polar surface area (TPSA) is 111 Å². The number of likely N-dealkylation sites (tertiary alicyclic amines) is 2. The first-order valence-electron chi connectivity index (χ1n) is 19.6. The maximum Gasteiger partial charge on any atom is 0.141 e. The molecule has 2 aromatic carbocycles. The zero-order chi connectivity index (χ0) is 37.9. The molecule has 0 amide bonds. The molecule has 54 heavy (non-hydrogen) atoms. The lowest BCUT2D eigenvalue weighted by atomic mass is 9.76. The Morgan fingerprint density at radius 1 is 0.963 bits per heavy atom. The van der Waals surface area contributed by atoms with Crippen LogP contribution in [0.25, 0.3) is 5.57 Å². The van der Waals surface area contributed by atoms with E-state index in [1.165, 1.54) is 22.9 Å². The first kappa shape index (κ1) is 39.9. The van der Waals surface area contributed by atoms with Crippen molar-refractivity contribution in [2.45, 2.75) is 89.6 Å². The zero-order valence-electron chi connectivity index (χ0n) is 31.8. The van der Waals surface area contributed by atoms with Crippen LogP contribution in [0.4, 0.5) is 0 Å². The van der Waals surface area contributed by atoms with Crippen LogP contribution in [0.1, 0.15) is 79.7 Å². The monoisotopic (exact) mass is 754 g/mol. The number of nitrogens with zero attached hydrogens (tertiary/aromatic N) is 4. The largest absolute Gasteiger partial charge is 0.489 e. The van der Waals surface area contributed by atoms with Gasteiger partial charge in [0.05, 0.1) is 23.8 Å². The van der Waals surface area contributed by atoms with E-state index >= 15 is 0 Å². The molecule has 3 heterocycles. The van der Waals surface area contributed by atoms with Crippen LogP contribution in [0.5, 0.6) is 11.5 Å².